The first-order valence-corrected chi connectivity index (χ1v) is 5.79. The van der Waals surface area contributed by atoms with Gasteiger partial charge in [0.05, 0.1) is 6.54 Å². The van der Waals surface area contributed by atoms with Gasteiger partial charge in [0.15, 0.2) is 0 Å². The lowest BCUT2D eigenvalue weighted by Crippen LogP contribution is -2.44. The van der Waals surface area contributed by atoms with Gasteiger partial charge in [-0.3, -0.25) is 4.79 Å². The van der Waals surface area contributed by atoms with Crippen molar-refractivity contribution < 1.29 is 9.53 Å². The third-order valence-corrected chi connectivity index (χ3v) is 2.96. The number of hydrogen-bond donors (Lipinski definition) is 2. The average molecular weight is 214 g/mol. The van der Waals surface area contributed by atoms with Crippen LogP contribution >= 0.6 is 0 Å². The second-order valence-electron chi connectivity index (χ2n) is 4.06. The number of carbonyl (C=O) groups is 1. The highest BCUT2D eigenvalue weighted by Crippen LogP contribution is 2.20. The summed E-state index contributed by atoms with van der Waals surface area (Å²) in [6, 6.07) is 0.315. The number of amides is 1. The van der Waals surface area contributed by atoms with E-state index in [1.54, 1.807) is 7.05 Å². The summed E-state index contributed by atoms with van der Waals surface area (Å²) in [6.07, 6.45) is 3.14. The van der Waals surface area contributed by atoms with E-state index in [0.29, 0.717) is 18.5 Å². The highest BCUT2D eigenvalue weighted by atomic mass is 16.5. The molecule has 1 amide bonds. The standard InChI is InChI=1S/C11H22N2O2/c1-3-10(13-11(14)8-12-2)9-4-6-15-7-5-9/h9-10,12H,3-8H2,1-2H3,(H,13,14). The molecule has 0 bridgehead atoms. The molecule has 1 heterocycles. The molecule has 2 N–H and O–H groups in total. The Kier molecular flexibility index (Phi) is 5.65. The summed E-state index contributed by atoms with van der Waals surface area (Å²) in [4.78, 5) is 11.5. The van der Waals surface area contributed by atoms with Crippen molar-refractivity contribution in [2.75, 3.05) is 26.8 Å². The van der Waals surface area contributed by atoms with Gasteiger partial charge >= 0.3 is 0 Å². The molecule has 1 aliphatic rings. The topological polar surface area (TPSA) is 50.4 Å². The summed E-state index contributed by atoms with van der Waals surface area (Å²) < 4.78 is 5.32. The number of rotatable bonds is 5. The summed E-state index contributed by atoms with van der Waals surface area (Å²) in [5, 5.41) is 5.94. The van der Waals surface area contributed by atoms with Gasteiger partial charge in [-0.25, -0.2) is 0 Å². The molecule has 4 nitrogen and oxygen atoms in total. The predicted octanol–water partition coefficient (Wildman–Crippen LogP) is 0.527. The van der Waals surface area contributed by atoms with Gasteiger partial charge in [0, 0.05) is 19.3 Å². The molecular formula is C11H22N2O2. The van der Waals surface area contributed by atoms with Crippen LogP contribution in [0.15, 0.2) is 0 Å². The maximum Gasteiger partial charge on any atom is 0.234 e. The van der Waals surface area contributed by atoms with Gasteiger partial charge in [-0.2, -0.15) is 0 Å². The van der Waals surface area contributed by atoms with Crippen molar-refractivity contribution in [1.29, 1.82) is 0 Å². The van der Waals surface area contributed by atoms with E-state index in [-0.39, 0.29) is 5.91 Å². The quantitative estimate of drug-likeness (QED) is 0.702. The fraction of sp³-hybridized carbons (Fsp3) is 0.909. The smallest absolute Gasteiger partial charge is 0.234 e. The summed E-state index contributed by atoms with van der Waals surface area (Å²) in [6.45, 7) is 4.20. The molecule has 1 unspecified atom stereocenters. The van der Waals surface area contributed by atoms with Crippen molar-refractivity contribution in [3.63, 3.8) is 0 Å². The van der Waals surface area contributed by atoms with E-state index in [1.807, 2.05) is 0 Å². The van der Waals surface area contributed by atoms with Gasteiger partial charge in [0.1, 0.15) is 0 Å². The number of hydrogen-bond acceptors (Lipinski definition) is 3. The minimum Gasteiger partial charge on any atom is -0.381 e. The normalized spacial score (nSPS) is 19.9. The molecule has 1 fully saturated rings. The average Bonchev–Trinajstić information content (AvgIpc) is 2.27. The van der Waals surface area contributed by atoms with Gasteiger partial charge in [0.25, 0.3) is 0 Å². The second kappa shape index (κ2) is 6.80. The van der Waals surface area contributed by atoms with Crippen molar-refractivity contribution in [3.05, 3.63) is 0 Å². The molecule has 15 heavy (non-hydrogen) atoms. The van der Waals surface area contributed by atoms with Crippen LogP contribution in [0.4, 0.5) is 0 Å². The van der Waals surface area contributed by atoms with Crippen LogP contribution in [-0.2, 0) is 9.53 Å². The number of nitrogens with one attached hydrogen (secondary N) is 2. The zero-order valence-electron chi connectivity index (χ0n) is 9.71. The Morgan fingerprint density at radius 2 is 2.13 bits per heavy atom. The first kappa shape index (κ1) is 12.5. The highest BCUT2D eigenvalue weighted by molar-refractivity contribution is 5.78. The zero-order valence-corrected chi connectivity index (χ0v) is 9.71. The van der Waals surface area contributed by atoms with Gasteiger partial charge in [-0.15, -0.1) is 0 Å². The molecule has 1 saturated heterocycles. The molecule has 1 aliphatic heterocycles. The Morgan fingerprint density at radius 1 is 1.47 bits per heavy atom. The van der Waals surface area contributed by atoms with Crippen LogP contribution in [0.3, 0.4) is 0 Å². The molecule has 0 aromatic rings. The monoisotopic (exact) mass is 214 g/mol. The van der Waals surface area contributed by atoms with Crippen molar-refractivity contribution in [3.8, 4) is 0 Å². The van der Waals surface area contributed by atoms with Gasteiger partial charge in [-0.1, -0.05) is 6.92 Å². The van der Waals surface area contributed by atoms with Gasteiger partial charge in [0.2, 0.25) is 5.91 Å². The van der Waals surface area contributed by atoms with Crippen LogP contribution in [0, 0.1) is 5.92 Å². The molecule has 0 saturated carbocycles. The van der Waals surface area contributed by atoms with Crippen molar-refractivity contribution in [2.45, 2.75) is 32.2 Å². The lowest BCUT2D eigenvalue weighted by atomic mass is 9.90. The molecule has 1 rings (SSSR count). The van der Waals surface area contributed by atoms with E-state index in [1.165, 1.54) is 0 Å². The SMILES string of the molecule is CCC(NC(=O)CNC)C1CCOCC1. The first-order valence-electron chi connectivity index (χ1n) is 5.79. The third-order valence-electron chi connectivity index (χ3n) is 2.96. The highest BCUT2D eigenvalue weighted by Gasteiger charge is 2.23. The van der Waals surface area contributed by atoms with E-state index in [2.05, 4.69) is 17.6 Å². The fourth-order valence-electron chi connectivity index (χ4n) is 2.09. The summed E-state index contributed by atoms with van der Waals surface area (Å²) in [7, 11) is 1.79. The number of likely N-dealkylation sites (N-methyl/N-ethyl adjacent to an activating group) is 1. The second-order valence-corrected chi connectivity index (χ2v) is 4.06. The largest absolute Gasteiger partial charge is 0.381 e. The summed E-state index contributed by atoms with van der Waals surface area (Å²) in [5.74, 6) is 0.681. The van der Waals surface area contributed by atoms with Crippen LogP contribution in [-0.4, -0.2) is 38.8 Å². The Hall–Kier alpha value is -0.610. The molecular weight excluding hydrogens is 192 g/mol. The van der Waals surface area contributed by atoms with Crippen molar-refractivity contribution in [1.82, 2.24) is 10.6 Å². The van der Waals surface area contributed by atoms with E-state index in [9.17, 15) is 4.79 Å². The van der Waals surface area contributed by atoms with Gasteiger partial charge < -0.3 is 15.4 Å². The van der Waals surface area contributed by atoms with Crippen molar-refractivity contribution in [2.24, 2.45) is 5.92 Å². The minimum absolute atomic E-state index is 0.0934. The lowest BCUT2D eigenvalue weighted by Gasteiger charge is -2.30. The molecule has 0 aromatic carbocycles. The van der Waals surface area contributed by atoms with Gasteiger partial charge in [-0.05, 0) is 32.2 Å². The zero-order chi connectivity index (χ0) is 11.1. The number of ether oxygens (including phenoxy) is 1. The Bertz CT molecular complexity index is 191. The first-order chi connectivity index (χ1) is 7.27. The fourth-order valence-corrected chi connectivity index (χ4v) is 2.09. The Balaban J connectivity index is 2.36. The van der Waals surface area contributed by atoms with Crippen LogP contribution < -0.4 is 10.6 Å². The Morgan fingerprint density at radius 3 is 2.67 bits per heavy atom. The molecule has 0 radical (unpaired) electrons. The van der Waals surface area contributed by atoms with Crippen LogP contribution in [0.5, 0.6) is 0 Å². The molecule has 1 atom stereocenters. The van der Waals surface area contributed by atoms with Crippen LogP contribution in [0.2, 0.25) is 0 Å². The van der Waals surface area contributed by atoms with E-state index < -0.39 is 0 Å². The molecule has 0 aromatic heterocycles. The van der Waals surface area contributed by atoms with E-state index >= 15 is 0 Å². The number of carbonyl (C=O) groups excluding carboxylic acids is 1. The van der Waals surface area contributed by atoms with E-state index in [4.69, 9.17) is 4.74 Å². The Labute approximate surface area is 91.8 Å². The molecule has 4 heteroatoms. The molecule has 0 aliphatic carbocycles. The maximum absolute atomic E-state index is 11.5. The van der Waals surface area contributed by atoms with Crippen LogP contribution in [0.1, 0.15) is 26.2 Å². The molecule has 88 valence electrons. The summed E-state index contributed by atoms with van der Waals surface area (Å²) in [5.41, 5.74) is 0. The maximum atomic E-state index is 11.5. The third kappa shape index (κ3) is 4.18. The predicted molar refractivity (Wildman–Crippen MR) is 59.7 cm³/mol. The van der Waals surface area contributed by atoms with E-state index in [0.717, 1.165) is 32.5 Å². The summed E-state index contributed by atoms with van der Waals surface area (Å²) >= 11 is 0. The van der Waals surface area contributed by atoms with Crippen LogP contribution in [0.25, 0.3) is 0 Å². The lowest BCUT2D eigenvalue weighted by molar-refractivity contribution is -0.121. The van der Waals surface area contributed by atoms with Crippen molar-refractivity contribution >= 4 is 5.91 Å². The minimum atomic E-state index is 0.0934. The molecule has 0 spiro atoms.